The molecular formula is C38H51N3O5S. The van der Waals surface area contributed by atoms with E-state index in [1.165, 1.54) is 22.4 Å². The molecule has 0 fully saturated rings. The summed E-state index contributed by atoms with van der Waals surface area (Å²) in [5.74, 6) is -1.25. The van der Waals surface area contributed by atoms with Crippen LogP contribution in [0.2, 0.25) is 0 Å². The van der Waals surface area contributed by atoms with Gasteiger partial charge in [-0.15, -0.1) is 0 Å². The van der Waals surface area contributed by atoms with Crippen LogP contribution in [-0.2, 0) is 20.3 Å². The highest BCUT2D eigenvalue weighted by atomic mass is 32.2. The van der Waals surface area contributed by atoms with Crippen LogP contribution in [0.3, 0.4) is 0 Å². The summed E-state index contributed by atoms with van der Waals surface area (Å²) < 4.78 is 34.5. The molecule has 8 nitrogen and oxygen atoms in total. The second-order valence-electron chi connectivity index (χ2n) is 14.9. The first-order valence-electron chi connectivity index (χ1n) is 16.9. The van der Waals surface area contributed by atoms with Gasteiger partial charge in [-0.1, -0.05) is 32.4 Å². The average molecular weight is 662 g/mol. The number of carbonyl (C=O) groups is 1. The SMILES string of the molecule is CCN1c2cc3c(cc2C(C)=CC1(C)C)C(=NCCCCCC(=O)O)c1cc2c(cc1C3(C)C)N(CC)C(C)(C)C=C2CS(=O)(=O)O. The highest BCUT2D eigenvalue weighted by Gasteiger charge is 2.42. The topological polar surface area (TPSA) is 111 Å². The number of hydrogen-bond donors (Lipinski definition) is 2. The third kappa shape index (κ3) is 6.41. The highest BCUT2D eigenvalue weighted by molar-refractivity contribution is 7.86. The third-order valence-corrected chi connectivity index (χ3v) is 10.9. The van der Waals surface area contributed by atoms with E-state index in [0.717, 1.165) is 59.6 Å². The van der Waals surface area contributed by atoms with Gasteiger partial charge < -0.3 is 14.9 Å². The number of anilines is 2. The van der Waals surface area contributed by atoms with E-state index in [4.69, 9.17) is 10.1 Å². The maximum absolute atomic E-state index is 12.3. The summed E-state index contributed by atoms with van der Waals surface area (Å²) in [6.45, 7) is 21.8. The lowest BCUT2D eigenvalue weighted by Crippen LogP contribution is -2.46. The van der Waals surface area contributed by atoms with Crippen molar-refractivity contribution in [1.29, 1.82) is 0 Å². The molecule has 0 saturated carbocycles. The van der Waals surface area contributed by atoms with Crippen LogP contribution in [0.1, 0.15) is 121 Å². The molecule has 2 aliphatic heterocycles. The number of fused-ring (bicyclic) bond motifs is 4. The van der Waals surface area contributed by atoms with E-state index >= 15 is 0 Å². The zero-order chi connectivity index (χ0) is 34.7. The standard InChI is InChI=1S/C38H51N3O5S/c1-10-40-32-19-30-28(17-26(32)24(3)21-36(40,4)5)35(39-16-14-12-13-15-34(42)43)29-18-27-25(23-47(44,45)46)22-37(6,7)41(11-2)33(27)20-31(29)38(30,8)9/h17-22H,10-16,23H2,1-9H3,(H,42,43)(H,44,45,46). The van der Waals surface area contributed by atoms with E-state index in [1.807, 2.05) is 6.08 Å². The van der Waals surface area contributed by atoms with Crippen LogP contribution in [0.5, 0.6) is 0 Å². The van der Waals surface area contributed by atoms with Gasteiger partial charge in [0.2, 0.25) is 0 Å². The molecule has 2 heterocycles. The Balaban J connectivity index is 1.76. The number of nitrogens with zero attached hydrogens (tertiary/aromatic N) is 3. The molecule has 0 spiro atoms. The van der Waals surface area contributed by atoms with Crippen LogP contribution in [0, 0.1) is 0 Å². The Morgan fingerprint density at radius 1 is 0.787 bits per heavy atom. The van der Waals surface area contributed by atoms with Crippen molar-refractivity contribution in [3.63, 3.8) is 0 Å². The number of hydrogen-bond acceptors (Lipinski definition) is 6. The van der Waals surface area contributed by atoms with Crippen LogP contribution in [0.25, 0.3) is 11.1 Å². The van der Waals surface area contributed by atoms with Crippen molar-refractivity contribution in [3.8, 4) is 0 Å². The first kappa shape index (κ1) is 34.9. The fraction of sp³-hybridized carbons (Fsp3) is 0.526. The molecule has 2 aromatic carbocycles. The van der Waals surface area contributed by atoms with Crippen molar-refractivity contribution in [1.82, 2.24) is 0 Å². The van der Waals surface area contributed by atoms with Crippen LogP contribution in [0.15, 0.2) is 41.4 Å². The van der Waals surface area contributed by atoms with Gasteiger partial charge >= 0.3 is 5.97 Å². The van der Waals surface area contributed by atoms with Crippen molar-refractivity contribution in [2.45, 2.75) is 104 Å². The van der Waals surface area contributed by atoms with Gasteiger partial charge in [0, 0.05) is 65.1 Å². The van der Waals surface area contributed by atoms with Crippen molar-refractivity contribution in [2.24, 2.45) is 4.99 Å². The number of rotatable bonds is 10. The molecule has 9 heteroatoms. The Hall–Kier alpha value is -3.43. The lowest BCUT2D eigenvalue weighted by molar-refractivity contribution is -0.137. The van der Waals surface area contributed by atoms with E-state index in [2.05, 4.69) is 102 Å². The number of allylic oxidation sites excluding steroid dienone is 1. The number of carboxylic acids is 1. The average Bonchev–Trinajstić information content (AvgIpc) is 2.94. The van der Waals surface area contributed by atoms with Crippen LogP contribution in [-0.4, -0.2) is 66.2 Å². The summed E-state index contributed by atoms with van der Waals surface area (Å²) in [5.41, 5.74) is 10.2. The molecule has 0 bridgehead atoms. The Morgan fingerprint density at radius 3 is 1.85 bits per heavy atom. The molecule has 254 valence electrons. The maximum Gasteiger partial charge on any atom is 0.303 e. The molecule has 3 aliphatic rings. The van der Waals surface area contributed by atoms with Gasteiger partial charge in [-0.05, 0) is 108 Å². The molecule has 2 aromatic rings. The van der Waals surface area contributed by atoms with E-state index in [1.54, 1.807) is 0 Å². The second-order valence-corrected chi connectivity index (χ2v) is 16.4. The van der Waals surface area contributed by atoms with E-state index < -0.39 is 32.8 Å². The molecule has 0 unspecified atom stereocenters. The molecule has 0 aromatic heterocycles. The van der Waals surface area contributed by atoms with Crippen LogP contribution >= 0.6 is 0 Å². The smallest absolute Gasteiger partial charge is 0.303 e. The first-order valence-corrected chi connectivity index (χ1v) is 18.5. The lowest BCUT2D eigenvalue weighted by atomic mass is 9.66. The van der Waals surface area contributed by atoms with E-state index in [0.29, 0.717) is 18.5 Å². The highest BCUT2D eigenvalue weighted by Crippen LogP contribution is 2.50. The quantitative estimate of drug-likeness (QED) is 0.198. The molecule has 47 heavy (non-hydrogen) atoms. The summed E-state index contributed by atoms with van der Waals surface area (Å²) in [7, 11) is -4.28. The summed E-state index contributed by atoms with van der Waals surface area (Å²) in [6.07, 6.45) is 6.59. The van der Waals surface area contributed by atoms with Gasteiger partial charge in [0.05, 0.1) is 16.8 Å². The fourth-order valence-corrected chi connectivity index (χ4v) is 8.83. The van der Waals surface area contributed by atoms with Gasteiger partial charge in [-0.3, -0.25) is 14.3 Å². The molecular weight excluding hydrogens is 611 g/mol. The number of carboxylic acid groups (broad SMARTS) is 1. The van der Waals surface area contributed by atoms with Crippen molar-refractivity contribution < 1.29 is 22.9 Å². The number of unbranched alkanes of at least 4 members (excludes halogenated alkanes) is 2. The van der Waals surface area contributed by atoms with Crippen molar-refractivity contribution in [2.75, 3.05) is 35.2 Å². The monoisotopic (exact) mass is 661 g/mol. The Kier molecular flexibility index (Phi) is 9.08. The summed E-state index contributed by atoms with van der Waals surface area (Å²) >= 11 is 0. The number of aliphatic imine (C=N–C) groups is 1. The summed E-state index contributed by atoms with van der Waals surface area (Å²) in [4.78, 5) is 21.1. The first-order chi connectivity index (χ1) is 21.8. The zero-order valence-corrected chi connectivity index (χ0v) is 30.3. The second kappa shape index (κ2) is 12.2. The normalized spacial score (nSPS) is 19.7. The summed E-state index contributed by atoms with van der Waals surface area (Å²) in [5, 5.41) is 9.09. The molecule has 2 N–H and O–H groups in total. The Labute approximate surface area is 281 Å². The van der Waals surface area contributed by atoms with E-state index in [-0.39, 0.29) is 12.0 Å². The largest absolute Gasteiger partial charge is 0.481 e. The minimum atomic E-state index is -4.28. The predicted octanol–water partition coefficient (Wildman–Crippen LogP) is 7.72. The molecule has 0 saturated heterocycles. The molecule has 5 rings (SSSR count). The number of benzene rings is 2. The minimum Gasteiger partial charge on any atom is -0.481 e. The third-order valence-electron chi connectivity index (χ3n) is 10.3. The van der Waals surface area contributed by atoms with Gasteiger partial charge in [0.15, 0.2) is 0 Å². The van der Waals surface area contributed by atoms with Crippen molar-refractivity contribution >= 4 is 44.3 Å². The van der Waals surface area contributed by atoms with Gasteiger partial charge in [-0.25, -0.2) is 0 Å². The fourth-order valence-electron chi connectivity index (χ4n) is 8.20. The zero-order valence-electron chi connectivity index (χ0n) is 29.5. The molecule has 0 radical (unpaired) electrons. The number of likely N-dealkylation sites (N-methyl/N-ethyl adjacent to an activating group) is 2. The van der Waals surface area contributed by atoms with Crippen LogP contribution in [0.4, 0.5) is 11.4 Å². The number of aliphatic carboxylic acids is 1. The van der Waals surface area contributed by atoms with Gasteiger partial charge in [0.1, 0.15) is 5.75 Å². The lowest BCUT2D eigenvalue weighted by Gasteiger charge is -2.46. The maximum atomic E-state index is 12.3. The van der Waals surface area contributed by atoms with Gasteiger partial charge in [0.25, 0.3) is 10.1 Å². The van der Waals surface area contributed by atoms with Gasteiger partial charge in [-0.2, -0.15) is 8.42 Å². The van der Waals surface area contributed by atoms with E-state index in [9.17, 15) is 17.8 Å². The predicted molar refractivity (Wildman–Crippen MR) is 194 cm³/mol. The molecule has 0 atom stereocenters. The Bertz CT molecular complexity index is 1810. The summed E-state index contributed by atoms with van der Waals surface area (Å²) in [6, 6.07) is 8.97. The van der Waals surface area contributed by atoms with Crippen molar-refractivity contribution in [3.05, 3.63) is 69.8 Å². The van der Waals surface area contributed by atoms with Crippen LogP contribution < -0.4 is 9.80 Å². The molecule has 1 aliphatic carbocycles. The minimum absolute atomic E-state index is 0.133. The Morgan fingerprint density at radius 2 is 1.32 bits per heavy atom. The molecule has 0 amide bonds.